The van der Waals surface area contributed by atoms with Gasteiger partial charge in [-0.1, -0.05) is 6.07 Å². The van der Waals surface area contributed by atoms with Crippen LogP contribution < -0.4 is 10.6 Å². The number of carbonyl (C=O) groups is 1. The highest BCUT2D eigenvalue weighted by Crippen LogP contribution is 2.58. The van der Waals surface area contributed by atoms with Crippen LogP contribution in [0.15, 0.2) is 37.1 Å². The van der Waals surface area contributed by atoms with Gasteiger partial charge in [0.1, 0.15) is 12.1 Å². The molecule has 1 spiro atoms. The maximum atomic E-state index is 12.5. The highest BCUT2D eigenvalue weighted by atomic mass is 35.5. The number of amides is 1. The molecule has 1 aliphatic heterocycles. The zero-order valence-corrected chi connectivity index (χ0v) is 15.5. The van der Waals surface area contributed by atoms with Gasteiger partial charge in [-0.15, -0.1) is 24.8 Å². The molecule has 1 unspecified atom stereocenters. The Morgan fingerprint density at radius 2 is 2.12 bits per heavy atom. The minimum Gasteiger partial charge on any atom is -0.352 e. The van der Waals surface area contributed by atoms with E-state index in [-0.39, 0.29) is 42.1 Å². The third-order valence-corrected chi connectivity index (χ3v) is 5.18. The lowest BCUT2D eigenvalue weighted by Gasteiger charge is -2.23. The molecule has 6 nitrogen and oxygen atoms in total. The number of nitrogens with one attached hydrogen (secondary N) is 2. The molecule has 8 heteroatoms. The van der Waals surface area contributed by atoms with E-state index >= 15 is 0 Å². The lowest BCUT2D eigenvalue weighted by atomic mass is 9.92. The summed E-state index contributed by atoms with van der Waals surface area (Å²) < 4.78 is 1.87. The number of aromatic nitrogens is 3. The van der Waals surface area contributed by atoms with Crippen molar-refractivity contribution in [1.29, 1.82) is 0 Å². The molecule has 25 heavy (non-hydrogen) atoms. The Labute approximate surface area is 159 Å². The first-order valence-electron chi connectivity index (χ1n) is 8.19. The average Bonchev–Trinajstić information content (AvgIpc) is 3.03. The van der Waals surface area contributed by atoms with Crippen molar-refractivity contribution in [3.63, 3.8) is 0 Å². The summed E-state index contributed by atoms with van der Waals surface area (Å²) in [6.07, 6.45) is 10.4. The number of rotatable bonds is 4. The maximum absolute atomic E-state index is 12.5. The van der Waals surface area contributed by atoms with Crippen LogP contribution in [-0.2, 0) is 11.3 Å². The summed E-state index contributed by atoms with van der Waals surface area (Å²) in [4.78, 5) is 20.9. The highest BCUT2D eigenvalue weighted by molar-refractivity contribution is 5.85. The lowest BCUT2D eigenvalue weighted by molar-refractivity contribution is -0.123. The monoisotopic (exact) mass is 383 g/mol. The second-order valence-corrected chi connectivity index (χ2v) is 6.54. The second-order valence-electron chi connectivity index (χ2n) is 6.54. The van der Waals surface area contributed by atoms with E-state index in [1.165, 1.54) is 0 Å². The summed E-state index contributed by atoms with van der Waals surface area (Å²) in [5, 5.41) is 6.47. The van der Waals surface area contributed by atoms with E-state index in [0.717, 1.165) is 43.7 Å². The maximum Gasteiger partial charge on any atom is 0.223 e. The van der Waals surface area contributed by atoms with E-state index in [9.17, 15) is 4.79 Å². The molecule has 1 saturated carbocycles. The largest absolute Gasteiger partial charge is 0.352 e. The summed E-state index contributed by atoms with van der Waals surface area (Å²) >= 11 is 0. The zero-order valence-electron chi connectivity index (χ0n) is 13.9. The zero-order chi connectivity index (χ0) is 15.7. The van der Waals surface area contributed by atoms with E-state index in [1.54, 1.807) is 18.7 Å². The molecular weight excluding hydrogens is 361 g/mol. The van der Waals surface area contributed by atoms with E-state index in [1.807, 2.05) is 22.9 Å². The first-order valence-corrected chi connectivity index (χ1v) is 8.19. The van der Waals surface area contributed by atoms with E-state index in [0.29, 0.717) is 6.54 Å². The number of nitrogens with zero attached hydrogens (tertiary/aromatic N) is 3. The van der Waals surface area contributed by atoms with Gasteiger partial charge in [0.05, 0.1) is 0 Å². The predicted molar refractivity (Wildman–Crippen MR) is 100 cm³/mol. The fourth-order valence-corrected chi connectivity index (χ4v) is 3.69. The minimum atomic E-state index is 0. The van der Waals surface area contributed by atoms with Gasteiger partial charge in [-0.2, -0.15) is 0 Å². The third kappa shape index (κ3) is 3.97. The van der Waals surface area contributed by atoms with Crippen LogP contribution in [0.1, 0.15) is 24.8 Å². The summed E-state index contributed by atoms with van der Waals surface area (Å²) in [5.74, 6) is 1.20. The van der Waals surface area contributed by atoms with Gasteiger partial charge in [0, 0.05) is 36.6 Å². The van der Waals surface area contributed by atoms with Gasteiger partial charge >= 0.3 is 0 Å². The first-order chi connectivity index (χ1) is 11.3. The first kappa shape index (κ1) is 19.7. The van der Waals surface area contributed by atoms with E-state index < -0.39 is 0 Å². The summed E-state index contributed by atoms with van der Waals surface area (Å²) in [7, 11) is 0. The Morgan fingerprint density at radius 1 is 1.32 bits per heavy atom. The van der Waals surface area contributed by atoms with Crippen LogP contribution >= 0.6 is 24.8 Å². The normalized spacial score (nSPS) is 20.2. The summed E-state index contributed by atoms with van der Waals surface area (Å²) in [6.45, 7) is 2.58. The topological polar surface area (TPSA) is 71.8 Å². The van der Waals surface area contributed by atoms with Crippen LogP contribution in [0.5, 0.6) is 0 Å². The predicted octanol–water partition coefficient (Wildman–Crippen LogP) is 2.12. The Morgan fingerprint density at radius 3 is 2.84 bits per heavy atom. The molecular formula is C17H23Cl2N5O. The molecule has 1 aliphatic carbocycles. The van der Waals surface area contributed by atoms with Crippen molar-refractivity contribution < 1.29 is 4.79 Å². The molecule has 1 atom stereocenters. The number of hydrogen-bond donors (Lipinski definition) is 2. The van der Waals surface area contributed by atoms with Gasteiger partial charge in [-0.25, -0.2) is 9.97 Å². The SMILES string of the molecule is Cl.Cl.O=C(NCc1cccnc1-n1ccnc1)C1CC12CCNCC2. The van der Waals surface area contributed by atoms with Crippen molar-refractivity contribution in [3.8, 4) is 5.82 Å². The Kier molecular flexibility index (Phi) is 6.43. The molecule has 4 rings (SSSR count). The molecule has 0 aromatic carbocycles. The van der Waals surface area contributed by atoms with E-state index in [2.05, 4.69) is 20.6 Å². The molecule has 3 heterocycles. The van der Waals surface area contributed by atoms with Crippen LogP contribution in [0.25, 0.3) is 5.82 Å². The molecule has 1 amide bonds. The van der Waals surface area contributed by atoms with Crippen LogP contribution in [0.3, 0.4) is 0 Å². The van der Waals surface area contributed by atoms with Gasteiger partial charge in [-0.3, -0.25) is 9.36 Å². The van der Waals surface area contributed by atoms with Crippen molar-refractivity contribution in [2.45, 2.75) is 25.8 Å². The molecule has 2 fully saturated rings. The van der Waals surface area contributed by atoms with Gasteiger partial charge in [0.2, 0.25) is 5.91 Å². The molecule has 0 radical (unpaired) electrons. The van der Waals surface area contributed by atoms with Crippen molar-refractivity contribution in [2.24, 2.45) is 11.3 Å². The standard InChI is InChI=1S/C17H21N5O.2ClH/c23-16(14-10-17(14)3-6-18-7-4-17)21-11-13-2-1-5-20-15(13)22-9-8-19-12-22;;/h1-2,5,8-9,12,14,18H,3-4,6-7,10-11H2,(H,21,23);2*1H. The fraction of sp³-hybridized carbons (Fsp3) is 0.471. The fourth-order valence-electron chi connectivity index (χ4n) is 3.69. The smallest absolute Gasteiger partial charge is 0.223 e. The van der Waals surface area contributed by atoms with Gasteiger partial charge in [-0.05, 0) is 43.8 Å². The number of imidazole rings is 1. The van der Waals surface area contributed by atoms with E-state index in [4.69, 9.17) is 0 Å². The number of pyridine rings is 1. The second kappa shape index (κ2) is 8.17. The Hall–Kier alpha value is -1.63. The van der Waals surface area contributed by atoms with Crippen molar-refractivity contribution in [2.75, 3.05) is 13.1 Å². The molecule has 2 N–H and O–H groups in total. The van der Waals surface area contributed by atoms with Crippen LogP contribution in [-0.4, -0.2) is 33.5 Å². The molecule has 2 aromatic rings. The molecule has 1 saturated heterocycles. The Bertz CT molecular complexity index is 701. The molecule has 136 valence electrons. The van der Waals surface area contributed by atoms with Crippen molar-refractivity contribution >= 4 is 30.7 Å². The van der Waals surface area contributed by atoms with Crippen molar-refractivity contribution in [3.05, 3.63) is 42.6 Å². The molecule has 2 aromatic heterocycles. The highest BCUT2D eigenvalue weighted by Gasteiger charge is 2.57. The number of carbonyl (C=O) groups excluding carboxylic acids is 1. The third-order valence-electron chi connectivity index (χ3n) is 5.18. The lowest BCUT2D eigenvalue weighted by Crippen LogP contribution is -2.33. The molecule has 0 bridgehead atoms. The summed E-state index contributed by atoms with van der Waals surface area (Å²) in [5.41, 5.74) is 1.27. The van der Waals surface area contributed by atoms with Crippen molar-refractivity contribution in [1.82, 2.24) is 25.2 Å². The quantitative estimate of drug-likeness (QED) is 0.847. The summed E-state index contributed by atoms with van der Waals surface area (Å²) in [6, 6.07) is 3.89. The Balaban J connectivity index is 0.00000113. The van der Waals surface area contributed by atoms with Crippen LogP contribution in [0, 0.1) is 11.3 Å². The van der Waals surface area contributed by atoms with Crippen LogP contribution in [0.4, 0.5) is 0 Å². The van der Waals surface area contributed by atoms with Gasteiger partial charge < -0.3 is 10.6 Å². The molecule has 2 aliphatic rings. The average molecular weight is 384 g/mol. The number of hydrogen-bond acceptors (Lipinski definition) is 4. The number of piperidine rings is 1. The van der Waals surface area contributed by atoms with Gasteiger partial charge in [0.15, 0.2) is 0 Å². The number of halogens is 2. The van der Waals surface area contributed by atoms with Gasteiger partial charge in [0.25, 0.3) is 0 Å². The van der Waals surface area contributed by atoms with Crippen LogP contribution in [0.2, 0.25) is 0 Å². The minimum absolute atomic E-state index is 0.